The van der Waals surface area contributed by atoms with Crippen LogP contribution in [0.3, 0.4) is 0 Å². The SMILES string of the molecule is CCCCN1C(=O)C(N)N(C(=N)C2(C3CC3)CC2)C2=C1CCCC2. The van der Waals surface area contributed by atoms with Gasteiger partial charge in [-0.15, -0.1) is 0 Å². The van der Waals surface area contributed by atoms with Crippen molar-refractivity contribution < 1.29 is 4.79 Å². The van der Waals surface area contributed by atoms with Gasteiger partial charge in [-0.25, -0.2) is 0 Å². The maximum absolute atomic E-state index is 13.0. The van der Waals surface area contributed by atoms with E-state index in [4.69, 9.17) is 11.1 Å². The second-order valence-corrected chi connectivity index (χ2v) is 8.04. The van der Waals surface area contributed by atoms with Crippen molar-refractivity contribution >= 4 is 11.7 Å². The van der Waals surface area contributed by atoms with E-state index in [2.05, 4.69) is 6.92 Å². The first-order valence-corrected chi connectivity index (χ1v) is 9.77. The second kappa shape index (κ2) is 5.87. The summed E-state index contributed by atoms with van der Waals surface area (Å²) >= 11 is 0. The molecule has 0 spiro atoms. The number of nitrogens with one attached hydrogen (secondary N) is 1. The Hall–Kier alpha value is -1.36. The lowest BCUT2D eigenvalue weighted by Crippen LogP contribution is -2.61. The fraction of sp³-hybridized carbons (Fsp3) is 0.789. The summed E-state index contributed by atoms with van der Waals surface area (Å²) in [6.07, 6.45) is 10.3. The molecule has 0 saturated heterocycles. The average Bonchev–Trinajstić information content (AvgIpc) is 3.47. The number of carbonyl (C=O) groups excluding carboxylic acids is 1. The van der Waals surface area contributed by atoms with E-state index in [-0.39, 0.29) is 11.3 Å². The number of rotatable bonds is 5. The van der Waals surface area contributed by atoms with E-state index >= 15 is 0 Å². The minimum absolute atomic E-state index is 0.000414. The number of amides is 1. The highest BCUT2D eigenvalue weighted by Gasteiger charge is 2.60. The molecule has 4 aliphatic rings. The third-order valence-electron chi connectivity index (χ3n) is 6.42. The van der Waals surface area contributed by atoms with Crippen LogP contribution in [0.2, 0.25) is 0 Å². The number of amidine groups is 1. The van der Waals surface area contributed by atoms with Gasteiger partial charge in [0.1, 0.15) is 5.84 Å². The Morgan fingerprint density at radius 3 is 2.50 bits per heavy atom. The van der Waals surface area contributed by atoms with Gasteiger partial charge in [0.15, 0.2) is 6.17 Å². The molecule has 132 valence electrons. The number of hydrogen-bond acceptors (Lipinski definition) is 3. The molecule has 0 aromatic carbocycles. The number of nitrogens with zero attached hydrogens (tertiary/aromatic N) is 2. The number of nitrogens with two attached hydrogens (primary N) is 1. The maximum atomic E-state index is 13.0. The number of hydrogen-bond donors (Lipinski definition) is 2. The smallest absolute Gasteiger partial charge is 0.264 e. The summed E-state index contributed by atoms with van der Waals surface area (Å²) < 4.78 is 0. The third-order valence-corrected chi connectivity index (χ3v) is 6.42. The van der Waals surface area contributed by atoms with Gasteiger partial charge in [-0.05, 0) is 63.7 Å². The lowest BCUT2D eigenvalue weighted by molar-refractivity contribution is -0.135. The molecule has 2 fully saturated rings. The van der Waals surface area contributed by atoms with Gasteiger partial charge in [-0.3, -0.25) is 10.2 Å². The van der Waals surface area contributed by atoms with E-state index in [0.717, 1.165) is 63.6 Å². The van der Waals surface area contributed by atoms with Crippen molar-refractivity contribution in [2.45, 2.75) is 77.3 Å². The first-order chi connectivity index (χ1) is 11.6. The molecule has 4 rings (SSSR count). The molecule has 1 atom stereocenters. The summed E-state index contributed by atoms with van der Waals surface area (Å²) in [6, 6.07) is 0. The highest BCUT2D eigenvalue weighted by molar-refractivity contribution is 5.96. The zero-order chi connectivity index (χ0) is 16.9. The van der Waals surface area contributed by atoms with E-state index in [1.54, 1.807) is 0 Å². The largest absolute Gasteiger partial charge is 0.311 e. The van der Waals surface area contributed by atoms with Crippen LogP contribution in [-0.4, -0.2) is 34.3 Å². The van der Waals surface area contributed by atoms with Gasteiger partial charge < -0.3 is 15.5 Å². The van der Waals surface area contributed by atoms with Gasteiger partial charge in [-0.1, -0.05) is 13.3 Å². The summed E-state index contributed by atoms with van der Waals surface area (Å²) in [4.78, 5) is 16.9. The highest BCUT2D eigenvalue weighted by Crippen LogP contribution is 2.63. The standard InChI is InChI=1S/C19H30N4O/c1-2-3-12-22-14-6-4-5-7-15(14)23(16(20)17(22)24)18(21)19(10-11-19)13-8-9-13/h13,16,21H,2-12,20H2,1H3. The molecule has 0 bridgehead atoms. The predicted molar refractivity (Wildman–Crippen MR) is 94.0 cm³/mol. The van der Waals surface area contributed by atoms with E-state index in [1.807, 2.05) is 9.80 Å². The average molecular weight is 330 g/mol. The fourth-order valence-electron chi connectivity index (χ4n) is 4.68. The first kappa shape index (κ1) is 16.1. The Morgan fingerprint density at radius 2 is 1.92 bits per heavy atom. The Balaban J connectivity index is 1.68. The monoisotopic (exact) mass is 330 g/mol. The minimum atomic E-state index is -0.692. The quantitative estimate of drug-likeness (QED) is 0.600. The number of carbonyl (C=O) groups is 1. The van der Waals surface area contributed by atoms with Crippen molar-refractivity contribution in [2.24, 2.45) is 17.1 Å². The molecule has 0 aromatic heterocycles. The van der Waals surface area contributed by atoms with Crippen LogP contribution in [0.5, 0.6) is 0 Å². The molecule has 1 heterocycles. The molecule has 3 N–H and O–H groups in total. The van der Waals surface area contributed by atoms with Crippen LogP contribution in [0.4, 0.5) is 0 Å². The van der Waals surface area contributed by atoms with Crippen LogP contribution >= 0.6 is 0 Å². The van der Waals surface area contributed by atoms with Crippen molar-refractivity contribution in [1.82, 2.24) is 9.80 Å². The van der Waals surface area contributed by atoms with Crippen LogP contribution < -0.4 is 5.73 Å². The van der Waals surface area contributed by atoms with Gasteiger partial charge in [0, 0.05) is 23.4 Å². The highest BCUT2D eigenvalue weighted by atomic mass is 16.2. The molecule has 3 aliphatic carbocycles. The predicted octanol–water partition coefficient (Wildman–Crippen LogP) is 3.17. The fourth-order valence-corrected chi connectivity index (χ4v) is 4.68. The molecule has 5 heteroatoms. The van der Waals surface area contributed by atoms with Crippen molar-refractivity contribution in [3.63, 3.8) is 0 Å². The molecule has 1 unspecified atom stereocenters. The van der Waals surface area contributed by atoms with Crippen LogP contribution in [-0.2, 0) is 4.79 Å². The molecule has 1 amide bonds. The van der Waals surface area contributed by atoms with Crippen molar-refractivity contribution in [1.29, 1.82) is 5.41 Å². The summed E-state index contributed by atoms with van der Waals surface area (Å²) in [5.74, 6) is 1.31. The topological polar surface area (TPSA) is 73.4 Å². The van der Waals surface area contributed by atoms with Gasteiger partial charge in [0.05, 0.1) is 0 Å². The maximum Gasteiger partial charge on any atom is 0.264 e. The van der Waals surface area contributed by atoms with Crippen LogP contribution in [0, 0.1) is 16.7 Å². The van der Waals surface area contributed by atoms with E-state index < -0.39 is 6.17 Å². The summed E-state index contributed by atoms with van der Waals surface area (Å²) in [5.41, 5.74) is 8.78. The third kappa shape index (κ3) is 2.40. The normalized spacial score (nSPS) is 28.9. The van der Waals surface area contributed by atoms with E-state index in [1.165, 1.54) is 18.5 Å². The Kier molecular flexibility index (Phi) is 3.94. The van der Waals surface area contributed by atoms with E-state index in [9.17, 15) is 4.79 Å². The molecule has 2 saturated carbocycles. The second-order valence-electron chi connectivity index (χ2n) is 8.04. The number of allylic oxidation sites excluding steroid dienone is 2. The molecule has 24 heavy (non-hydrogen) atoms. The van der Waals surface area contributed by atoms with Crippen LogP contribution in [0.15, 0.2) is 11.4 Å². The van der Waals surface area contributed by atoms with Crippen molar-refractivity contribution in [3.05, 3.63) is 11.4 Å². The first-order valence-electron chi connectivity index (χ1n) is 9.77. The molecule has 0 aromatic rings. The molecule has 1 aliphatic heterocycles. The molecule has 0 radical (unpaired) electrons. The lowest BCUT2D eigenvalue weighted by Gasteiger charge is -2.46. The van der Waals surface area contributed by atoms with Crippen LogP contribution in [0.25, 0.3) is 0 Å². The lowest BCUT2D eigenvalue weighted by atomic mass is 9.92. The number of unbranched alkanes of at least 4 members (excludes halogenated alkanes) is 1. The Morgan fingerprint density at radius 1 is 1.25 bits per heavy atom. The molecule has 5 nitrogen and oxygen atoms in total. The molecular weight excluding hydrogens is 300 g/mol. The Bertz CT molecular complexity index is 588. The summed E-state index contributed by atoms with van der Waals surface area (Å²) in [6.45, 7) is 2.93. The van der Waals surface area contributed by atoms with Crippen molar-refractivity contribution in [2.75, 3.05) is 6.54 Å². The van der Waals surface area contributed by atoms with Gasteiger partial charge in [0.2, 0.25) is 0 Å². The Labute approximate surface area is 144 Å². The van der Waals surface area contributed by atoms with Crippen molar-refractivity contribution in [3.8, 4) is 0 Å². The zero-order valence-corrected chi connectivity index (χ0v) is 14.8. The zero-order valence-electron chi connectivity index (χ0n) is 14.8. The van der Waals surface area contributed by atoms with Crippen LogP contribution in [0.1, 0.15) is 71.1 Å². The van der Waals surface area contributed by atoms with Gasteiger partial charge in [-0.2, -0.15) is 0 Å². The summed E-state index contributed by atoms with van der Waals surface area (Å²) in [5, 5.41) is 8.91. The van der Waals surface area contributed by atoms with E-state index in [0.29, 0.717) is 11.8 Å². The van der Waals surface area contributed by atoms with Gasteiger partial charge >= 0.3 is 0 Å². The van der Waals surface area contributed by atoms with Gasteiger partial charge in [0.25, 0.3) is 5.91 Å². The minimum Gasteiger partial charge on any atom is -0.311 e. The summed E-state index contributed by atoms with van der Waals surface area (Å²) in [7, 11) is 0. The molecular formula is C19H30N4O.